The van der Waals surface area contributed by atoms with Crippen LogP contribution in [0, 0.1) is 0 Å². The van der Waals surface area contributed by atoms with Gasteiger partial charge in [-0.05, 0) is 19.3 Å². The van der Waals surface area contributed by atoms with E-state index in [4.69, 9.17) is 9.84 Å². The Balaban J connectivity index is 3.38. The maximum atomic E-state index is 12.0. The van der Waals surface area contributed by atoms with Gasteiger partial charge in [0.2, 0.25) is 12.2 Å². The lowest BCUT2D eigenvalue weighted by atomic mass is 10.0. The number of hydrogen-bond acceptors (Lipinski definition) is 5. The Morgan fingerprint density at radius 1 is 0.535 bits per heavy atom. The minimum absolute atomic E-state index is 0.0165. The Kier molecular flexibility index (Phi) is 34.4. The van der Waals surface area contributed by atoms with Crippen LogP contribution in [-0.4, -0.2) is 41.5 Å². The van der Waals surface area contributed by atoms with Crippen molar-refractivity contribution in [3.8, 4) is 0 Å². The number of aliphatic hydroxyl groups excluding tert-OH is 2. The largest absolute Gasteiger partial charge is 0.436 e. The molecule has 0 spiro atoms. The molecular weight excluding hydrogens is 538 g/mol. The molecule has 0 fully saturated rings. The second kappa shape index (κ2) is 35.3. The van der Waals surface area contributed by atoms with E-state index in [0.29, 0.717) is 26.0 Å². The standard InChI is InChI=1S/C37H73NO5/c1-2-3-4-5-6-7-8-12-15-18-21-24-27-30-35(40)38-33-32-37(42)43-36(41)31-28-25-22-19-16-13-10-9-11-14-17-20-23-26-29-34-39/h37,39,42H,2-34H2,1H3,(H,38,40). The minimum Gasteiger partial charge on any atom is -0.436 e. The van der Waals surface area contributed by atoms with Crippen molar-refractivity contribution < 1.29 is 24.5 Å². The van der Waals surface area contributed by atoms with Crippen LogP contribution < -0.4 is 5.32 Å². The predicted octanol–water partition coefficient (Wildman–Crippen LogP) is 10.1. The van der Waals surface area contributed by atoms with Gasteiger partial charge in [0.15, 0.2) is 0 Å². The lowest BCUT2D eigenvalue weighted by molar-refractivity contribution is -0.168. The SMILES string of the molecule is CCCCCCCCCCCCCCCC(=O)NCCC(O)OC(=O)CCCCCCCCCCCCCCCCCO. The number of carbonyl (C=O) groups is 2. The number of amides is 1. The van der Waals surface area contributed by atoms with Crippen LogP contribution in [0.3, 0.4) is 0 Å². The van der Waals surface area contributed by atoms with E-state index < -0.39 is 6.29 Å². The Morgan fingerprint density at radius 2 is 0.884 bits per heavy atom. The predicted molar refractivity (Wildman–Crippen MR) is 181 cm³/mol. The average molecular weight is 612 g/mol. The van der Waals surface area contributed by atoms with E-state index in [-0.39, 0.29) is 18.3 Å². The number of rotatable bonds is 35. The van der Waals surface area contributed by atoms with Crippen molar-refractivity contribution in [1.82, 2.24) is 5.32 Å². The third kappa shape index (κ3) is 35.2. The quantitative estimate of drug-likeness (QED) is 0.0376. The molecule has 0 saturated carbocycles. The van der Waals surface area contributed by atoms with Crippen LogP contribution >= 0.6 is 0 Å². The van der Waals surface area contributed by atoms with E-state index in [1.165, 1.54) is 141 Å². The van der Waals surface area contributed by atoms with Crippen LogP contribution in [0.2, 0.25) is 0 Å². The summed E-state index contributed by atoms with van der Waals surface area (Å²) in [6.07, 6.45) is 34.9. The van der Waals surface area contributed by atoms with Crippen molar-refractivity contribution in [2.75, 3.05) is 13.2 Å². The van der Waals surface area contributed by atoms with Crippen LogP contribution in [0.5, 0.6) is 0 Å². The van der Waals surface area contributed by atoms with Crippen LogP contribution in [0.1, 0.15) is 206 Å². The molecule has 0 saturated heterocycles. The number of aliphatic hydroxyl groups is 2. The number of hydrogen-bond donors (Lipinski definition) is 3. The van der Waals surface area contributed by atoms with E-state index >= 15 is 0 Å². The molecule has 0 aliphatic rings. The molecule has 1 atom stereocenters. The molecule has 256 valence electrons. The summed E-state index contributed by atoms with van der Waals surface area (Å²) >= 11 is 0. The average Bonchev–Trinajstić information content (AvgIpc) is 2.99. The third-order valence-electron chi connectivity index (χ3n) is 8.53. The van der Waals surface area contributed by atoms with Gasteiger partial charge in [-0.3, -0.25) is 9.59 Å². The lowest BCUT2D eigenvalue weighted by Gasteiger charge is -2.12. The number of esters is 1. The molecule has 0 aliphatic heterocycles. The topological polar surface area (TPSA) is 95.9 Å². The number of unbranched alkanes of at least 4 members (excludes halogenated alkanes) is 26. The number of ether oxygens (including phenoxy) is 1. The second-order valence-electron chi connectivity index (χ2n) is 12.9. The molecule has 1 amide bonds. The fraction of sp³-hybridized carbons (Fsp3) is 0.946. The first kappa shape index (κ1) is 41.9. The highest BCUT2D eigenvalue weighted by Gasteiger charge is 2.11. The van der Waals surface area contributed by atoms with Gasteiger partial charge in [0.25, 0.3) is 0 Å². The molecule has 0 heterocycles. The highest BCUT2D eigenvalue weighted by molar-refractivity contribution is 5.75. The van der Waals surface area contributed by atoms with Crippen LogP contribution in [0.4, 0.5) is 0 Å². The van der Waals surface area contributed by atoms with E-state index in [9.17, 15) is 14.7 Å². The zero-order valence-corrected chi connectivity index (χ0v) is 28.5. The molecule has 1 unspecified atom stereocenters. The maximum absolute atomic E-state index is 12.0. The van der Waals surface area contributed by atoms with Gasteiger partial charge in [-0.15, -0.1) is 0 Å². The van der Waals surface area contributed by atoms with Gasteiger partial charge in [-0.25, -0.2) is 0 Å². The molecule has 0 aliphatic carbocycles. The summed E-state index contributed by atoms with van der Waals surface area (Å²) in [5.41, 5.74) is 0. The summed E-state index contributed by atoms with van der Waals surface area (Å²) in [7, 11) is 0. The molecule has 0 bridgehead atoms. The molecule has 6 nitrogen and oxygen atoms in total. The first-order valence-electron chi connectivity index (χ1n) is 18.8. The van der Waals surface area contributed by atoms with Gasteiger partial charge in [-0.2, -0.15) is 0 Å². The van der Waals surface area contributed by atoms with Gasteiger partial charge in [0.05, 0.1) is 0 Å². The van der Waals surface area contributed by atoms with Gasteiger partial charge < -0.3 is 20.3 Å². The molecule has 43 heavy (non-hydrogen) atoms. The molecule has 3 N–H and O–H groups in total. The van der Waals surface area contributed by atoms with Gasteiger partial charge in [0.1, 0.15) is 0 Å². The lowest BCUT2D eigenvalue weighted by Crippen LogP contribution is -2.28. The van der Waals surface area contributed by atoms with Crippen molar-refractivity contribution in [1.29, 1.82) is 0 Å². The van der Waals surface area contributed by atoms with Crippen molar-refractivity contribution in [2.45, 2.75) is 212 Å². The molecule has 0 aromatic carbocycles. The zero-order valence-electron chi connectivity index (χ0n) is 28.5. The molecular formula is C37H73NO5. The fourth-order valence-corrected chi connectivity index (χ4v) is 5.68. The van der Waals surface area contributed by atoms with Crippen molar-refractivity contribution in [3.05, 3.63) is 0 Å². The Hall–Kier alpha value is -1.14. The summed E-state index contributed by atoms with van der Waals surface area (Å²) in [6, 6.07) is 0. The summed E-state index contributed by atoms with van der Waals surface area (Å²) in [6.45, 7) is 2.93. The summed E-state index contributed by atoms with van der Waals surface area (Å²) in [5.74, 6) is -0.331. The minimum atomic E-state index is -1.14. The molecule has 0 aromatic heterocycles. The monoisotopic (exact) mass is 612 g/mol. The smallest absolute Gasteiger partial charge is 0.308 e. The summed E-state index contributed by atoms with van der Waals surface area (Å²) in [5, 5.41) is 21.6. The Bertz CT molecular complexity index is 585. The Morgan fingerprint density at radius 3 is 1.28 bits per heavy atom. The molecule has 0 aromatic rings. The Labute approximate surface area is 266 Å². The molecule has 0 radical (unpaired) electrons. The normalized spacial score (nSPS) is 12.0. The van der Waals surface area contributed by atoms with Gasteiger partial charge >= 0.3 is 5.97 Å². The highest BCUT2D eigenvalue weighted by atomic mass is 16.6. The third-order valence-corrected chi connectivity index (χ3v) is 8.53. The molecule has 6 heteroatoms. The van der Waals surface area contributed by atoms with Crippen molar-refractivity contribution in [3.63, 3.8) is 0 Å². The summed E-state index contributed by atoms with van der Waals surface area (Å²) < 4.78 is 5.09. The zero-order chi connectivity index (χ0) is 31.5. The van der Waals surface area contributed by atoms with E-state index in [1.807, 2.05) is 0 Å². The number of carbonyl (C=O) groups excluding carboxylic acids is 2. The first-order valence-corrected chi connectivity index (χ1v) is 18.8. The van der Waals surface area contributed by atoms with E-state index in [0.717, 1.165) is 38.5 Å². The number of nitrogens with one attached hydrogen (secondary N) is 1. The molecule has 0 rings (SSSR count). The van der Waals surface area contributed by atoms with E-state index in [2.05, 4.69) is 12.2 Å². The highest BCUT2D eigenvalue weighted by Crippen LogP contribution is 2.15. The maximum Gasteiger partial charge on any atom is 0.308 e. The van der Waals surface area contributed by atoms with Gasteiger partial charge in [-0.1, -0.05) is 167 Å². The van der Waals surface area contributed by atoms with Crippen LogP contribution in [0.25, 0.3) is 0 Å². The van der Waals surface area contributed by atoms with Gasteiger partial charge in [0, 0.05) is 32.4 Å². The van der Waals surface area contributed by atoms with E-state index in [1.54, 1.807) is 0 Å². The van der Waals surface area contributed by atoms with Crippen LogP contribution in [-0.2, 0) is 14.3 Å². The van der Waals surface area contributed by atoms with Crippen LogP contribution in [0.15, 0.2) is 0 Å². The fourth-order valence-electron chi connectivity index (χ4n) is 5.68. The van der Waals surface area contributed by atoms with Crippen molar-refractivity contribution >= 4 is 11.9 Å². The second-order valence-corrected chi connectivity index (χ2v) is 12.9. The first-order chi connectivity index (χ1) is 21.1. The van der Waals surface area contributed by atoms with Crippen molar-refractivity contribution in [2.24, 2.45) is 0 Å². The summed E-state index contributed by atoms with van der Waals surface area (Å²) in [4.78, 5) is 24.0.